The maximum absolute atomic E-state index is 10.9. The number of benzene rings is 1. The molecule has 0 saturated carbocycles. The number of nitrogens with zero attached hydrogens (tertiary/aromatic N) is 3. The van der Waals surface area contributed by atoms with E-state index < -0.39 is 4.92 Å². The van der Waals surface area contributed by atoms with E-state index in [-0.39, 0.29) is 5.69 Å². The molecule has 0 fully saturated rings. The molecule has 7 heteroatoms. The van der Waals surface area contributed by atoms with Crippen LogP contribution in [-0.4, -0.2) is 24.0 Å². The van der Waals surface area contributed by atoms with Gasteiger partial charge in [0, 0.05) is 32.9 Å². The Balaban J connectivity index is 2.17. The lowest BCUT2D eigenvalue weighted by atomic mass is 10.2. The molecule has 0 saturated heterocycles. The van der Waals surface area contributed by atoms with Crippen LogP contribution in [0.4, 0.5) is 17.1 Å². The van der Waals surface area contributed by atoms with E-state index in [2.05, 4.69) is 26.2 Å². The molecule has 2 rings (SSSR count). The molecule has 0 amide bonds. The van der Waals surface area contributed by atoms with Crippen LogP contribution in [0.5, 0.6) is 0 Å². The zero-order valence-corrected chi connectivity index (χ0v) is 13.3. The van der Waals surface area contributed by atoms with E-state index in [9.17, 15) is 10.1 Å². The van der Waals surface area contributed by atoms with E-state index in [1.807, 2.05) is 31.1 Å². The lowest BCUT2D eigenvalue weighted by Crippen LogP contribution is -2.12. The average molecular weight is 351 g/mol. The van der Waals surface area contributed by atoms with Gasteiger partial charge in [-0.3, -0.25) is 15.1 Å². The molecule has 1 heterocycles. The highest BCUT2D eigenvalue weighted by Gasteiger charge is 2.12. The number of nitrogens with one attached hydrogen (secondary N) is 1. The second-order valence-corrected chi connectivity index (χ2v) is 5.54. The summed E-state index contributed by atoms with van der Waals surface area (Å²) >= 11 is 3.18. The highest BCUT2D eigenvalue weighted by atomic mass is 79.9. The zero-order valence-electron chi connectivity index (χ0n) is 11.7. The Morgan fingerprint density at radius 3 is 2.81 bits per heavy atom. The van der Waals surface area contributed by atoms with Crippen molar-refractivity contribution in [2.24, 2.45) is 0 Å². The maximum Gasteiger partial charge on any atom is 0.283 e. The third-order valence-corrected chi connectivity index (χ3v) is 3.64. The number of nitro groups is 1. The third-order valence-electron chi connectivity index (χ3n) is 2.97. The molecular formula is C14H15BrN4O2. The van der Waals surface area contributed by atoms with Crippen LogP contribution in [0.15, 0.2) is 41.1 Å². The molecule has 110 valence electrons. The van der Waals surface area contributed by atoms with Gasteiger partial charge in [0.05, 0.1) is 27.0 Å². The predicted octanol–water partition coefficient (Wildman–Crippen LogP) is 3.43. The fraction of sp³-hybridized carbons (Fsp3) is 0.214. The first-order valence-corrected chi connectivity index (χ1v) is 7.06. The molecule has 1 N–H and O–H groups in total. The van der Waals surface area contributed by atoms with Gasteiger partial charge < -0.3 is 10.2 Å². The van der Waals surface area contributed by atoms with Crippen molar-refractivity contribution in [3.05, 3.63) is 56.8 Å². The van der Waals surface area contributed by atoms with Gasteiger partial charge in [-0.05, 0) is 33.6 Å². The summed E-state index contributed by atoms with van der Waals surface area (Å²) in [5.74, 6) is 0. The van der Waals surface area contributed by atoms with Gasteiger partial charge in [-0.1, -0.05) is 6.07 Å². The first-order valence-electron chi connectivity index (χ1n) is 6.27. The molecule has 21 heavy (non-hydrogen) atoms. The third kappa shape index (κ3) is 3.69. The molecule has 0 aliphatic rings. The van der Waals surface area contributed by atoms with E-state index in [1.54, 1.807) is 24.5 Å². The first-order chi connectivity index (χ1) is 9.99. The fourth-order valence-corrected chi connectivity index (χ4v) is 2.31. The van der Waals surface area contributed by atoms with Gasteiger partial charge in [0.1, 0.15) is 0 Å². The molecule has 0 bridgehead atoms. The van der Waals surface area contributed by atoms with Crippen LogP contribution in [0.1, 0.15) is 5.56 Å². The second-order valence-electron chi connectivity index (χ2n) is 4.68. The van der Waals surface area contributed by atoms with Crippen molar-refractivity contribution < 1.29 is 4.92 Å². The van der Waals surface area contributed by atoms with Gasteiger partial charge in [-0.2, -0.15) is 0 Å². The van der Waals surface area contributed by atoms with Gasteiger partial charge in [-0.15, -0.1) is 0 Å². The lowest BCUT2D eigenvalue weighted by Gasteiger charge is -2.17. The van der Waals surface area contributed by atoms with E-state index in [4.69, 9.17) is 0 Å². The standard InChI is InChI=1S/C14H15BrN4O2/c1-18(2)13-5-6-16-9-12(13)17-8-10-3-4-11(15)14(7-10)19(20)21/h3-7,9,17H,8H2,1-2H3. The number of nitro benzene ring substituents is 1. The minimum atomic E-state index is -0.400. The smallest absolute Gasteiger partial charge is 0.283 e. The lowest BCUT2D eigenvalue weighted by molar-refractivity contribution is -0.385. The van der Waals surface area contributed by atoms with Crippen molar-refractivity contribution >= 4 is 33.0 Å². The number of hydrogen-bond donors (Lipinski definition) is 1. The number of rotatable bonds is 5. The molecule has 1 aromatic carbocycles. The normalized spacial score (nSPS) is 10.2. The van der Waals surface area contributed by atoms with Crippen LogP contribution >= 0.6 is 15.9 Å². The molecule has 0 spiro atoms. The molecule has 0 radical (unpaired) electrons. The number of aromatic nitrogens is 1. The Morgan fingerprint density at radius 2 is 2.14 bits per heavy atom. The highest BCUT2D eigenvalue weighted by Crippen LogP contribution is 2.27. The van der Waals surface area contributed by atoms with E-state index in [0.29, 0.717) is 11.0 Å². The molecule has 2 aromatic rings. The summed E-state index contributed by atoms with van der Waals surface area (Å²) < 4.78 is 0.478. The van der Waals surface area contributed by atoms with E-state index in [1.165, 1.54) is 0 Å². The highest BCUT2D eigenvalue weighted by molar-refractivity contribution is 9.10. The summed E-state index contributed by atoms with van der Waals surface area (Å²) in [6, 6.07) is 7.00. The molecule has 0 atom stereocenters. The minimum absolute atomic E-state index is 0.0633. The van der Waals surface area contributed by atoms with Crippen molar-refractivity contribution in [3.63, 3.8) is 0 Å². The summed E-state index contributed by atoms with van der Waals surface area (Å²) in [6.45, 7) is 0.487. The number of halogens is 1. The number of anilines is 2. The van der Waals surface area contributed by atoms with Crippen LogP contribution in [0.25, 0.3) is 0 Å². The molecule has 0 aliphatic carbocycles. The Labute approximate surface area is 131 Å². The average Bonchev–Trinajstić information content (AvgIpc) is 2.46. The summed E-state index contributed by atoms with van der Waals surface area (Å²) in [4.78, 5) is 16.6. The van der Waals surface area contributed by atoms with Crippen LogP contribution in [0, 0.1) is 10.1 Å². The maximum atomic E-state index is 10.9. The van der Waals surface area contributed by atoms with Gasteiger partial charge >= 0.3 is 0 Å². The first kappa shape index (κ1) is 15.2. The second kappa shape index (κ2) is 6.53. The van der Waals surface area contributed by atoms with Crippen molar-refractivity contribution in [2.75, 3.05) is 24.3 Å². The van der Waals surface area contributed by atoms with Gasteiger partial charge in [0.25, 0.3) is 5.69 Å². The van der Waals surface area contributed by atoms with Crippen LogP contribution in [0.2, 0.25) is 0 Å². The largest absolute Gasteiger partial charge is 0.378 e. The number of hydrogen-bond acceptors (Lipinski definition) is 5. The summed E-state index contributed by atoms with van der Waals surface area (Å²) in [7, 11) is 3.90. The molecule has 0 unspecified atom stereocenters. The van der Waals surface area contributed by atoms with Crippen LogP contribution < -0.4 is 10.2 Å². The summed E-state index contributed by atoms with van der Waals surface area (Å²) in [5, 5.41) is 14.2. The topological polar surface area (TPSA) is 71.3 Å². The van der Waals surface area contributed by atoms with Gasteiger partial charge in [0.15, 0.2) is 0 Å². The van der Waals surface area contributed by atoms with Crippen molar-refractivity contribution in [1.29, 1.82) is 0 Å². The molecule has 0 aliphatic heterocycles. The van der Waals surface area contributed by atoms with Crippen molar-refractivity contribution in [1.82, 2.24) is 4.98 Å². The SMILES string of the molecule is CN(C)c1ccncc1NCc1ccc(Br)c([N+](=O)[O-])c1. The molecule has 1 aromatic heterocycles. The quantitative estimate of drug-likeness (QED) is 0.660. The Kier molecular flexibility index (Phi) is 4.74. The molecule has 6 nitrogen and oxygen atoms in total. The van der Waals surface area contributed by atoms with E-state index in [0.717, 1.165) is 16.9 Å². The molecular weight excluding hydrogens is 336 g/mol. The van der Waals surface area contributed by atoms with Gasteiger partial charge in [0.2, 0.25) is 0 Å². The Bertz CT molecular complexity index is 661. The zero-order chi connectivity index (χ0) is 15.4. The Hall–Kier alpha value is -2.15. The van der Waals surface area contributed by atoms with Crippen LogP contribution in [0.3, 0.4) is 0 Å². The van der Waals surface area contributed by atoms with Crippen LogP contribution in [-0.2, 0) is 6.54 Å². The number of pyridine rings is 1. The van der Waals surface area contributed by atoms with E-state index >= 15 is 0 Å². The summed E-state index contributed by atoms with van der Waals surface area (Å²) in [5.41, 5.74) is 2.79. The monoisotopic (exact) mass is 350 g/mol. The fourth-order valence-electron chi connectivity index (χ4n) is 1.92. The van der Waals surface area contributed by atoms with Gasteiger partial charge in [-0.25, -0.2) is 0 Å². The predicted molar refractivity (Wildman–Crippen MR) is 86.7 cm³/mol. The summed E-state index contributed by atoms with van der Waals surface area (Å²) in [6.07, 6.45) is 3.47. The van der Waals surface area contributed by atoms with Crippen molar-refractivity contribution in [3.8, 4) is 0 Å². The van der Waals surface area contributed by atoms with Crippen molar-refractivity contribution in [2.45, 2.75) is 6.54 Å². The Morgan fingerprint density at radius 1 is 1.38 bits per heavy atom. The minimum Gasteiger partial charge on any atom is -0.378 e.